The summed E-state index contributed by atoms with van der Waals surface area (Å²) in [6, 6.07) is 21.4. The Labute approximate surface area is 180 Å². The number of fused-ring (bicyclic) bond motifs is 1. The normalized spacial score (nSPS) is 10.9. The molecule has 0 atom stereocenters. The van der Waals surface area contributed by atoms with Gasteiger partial charge in [-0.2, -0.15) is 0 Å². The molecule has 1 aromatic heterocycles. The molecule has 1 heterocycles. The van der Waals surface area contributed by atoms with Crippen LogP contribution in [-0.4, -0.2) is 17.5 Å². The van der Waals surface area contributed by atoms with Crippen molar-refractivity contribution in [2.45, 2.75) is 26.7 Å². The lowest BCUT2D eigenvalue weighted by Crippen LogP contribution is -2.12. The van der Waals surface area contributed by atoms with E-state index in [9.17, 15) is 4.79 Å². The molecule has 0 aliphatic heterocycles. The summed E-state index contributed by atoms with van der Waals surface area (Å²) in [6.45, 7) is 4.81. The van der Waals surface area contributed by atoms with Crippen molar-refractivity contribution in [1.82, 2.24) is 4.98 Å². The second-order valence-corrected chi connectivity index (χ2v) is 8.23. The van der Waals surface area contributed by atoms with Crippen LogP contribution in [0.1, 0.15) is 35.7 Å². The number of aryl methyl sites for hydroxylation is 1. The number of hydrogen-bond acceptors (Lipinski definition) is 4. The highest BCUT2D eigenvalue weighted by Crippen LogP contribution is 2.32. The van der Waals surface area contributed by atoms with Gasteiger partial charge in [-0.1, -0.05) is 37.6 Å². The van der Waals surface area contributed by atoms with Gasteiger partial charge in [-0.3, -0.25) is 4.79 Å². The molecule has 0 saturated heterocycles. The minimum absolute atomic E-state index is 0.139. The monoisotopic (exact) mass is 416 g/mol. The molecular formula is C25H24N2O2S. The van der Waals surface area contributed by atoms with Gasteiger partial charge in [0, 0.05) is 16.8 Å². The number of ether oxygens (including phenoxy) is 1. The van der Waals surface area contributed by atoms with Gasteiger partial charge in [0.15, 0.2) is 0 Å². The number of nitrogens with one attached hydrogen (secondary N) is 1. The van der Waals surface area contributed by atoms with Gasteiger partial charge in [0.05, 0.1) is 16.8 Å². The van der Waals surface area contributed by atoms with Gasteiger partial charge in [-0.25, -0.2) is 4.98 Å². The molecule has 0 fully saturated rings. The summed E-state index contributed by atoms with van der Waals surface area (Å²) >= 11 is 1.65. The van der Waals surface area contributed by atoms with Crippen LogP contribution in [-0.2, 0) is 0 Å². The lowest BCUT2D eigenvalue weighted by Gasteiger charge is -2.11. The van der Waals surface area contributed by atoms with E-state index < -0.39 is 0 Å². The van der Waals surface area contributed by atoms with E-state index in [0.29, 0.717) is 12.2 Å². The maximum atomic E-state index is 12.8. The fraction of sp³-hybridized carbons (Fsp3) is 0.200. The molecule has 0 aliphatic rings. The zero-order chi connectivity index (χ0) is 20.9. The number of carbonyl (C=O) groups is 1. The van der Waals surface area contributed by atoms with E-state index in [2.05, 4.69) is 18.3 Å². The van der Waals surface area contributed by atoms with Gasteiger partial charge in [0.25, 0.3) is 5.91 Å². The number of hydrogen-bond donors (Lipinski definition) is 1. The Balaban J connectivity index is 1.51. The molecular weight excluding hydrogens is 392 g/mol. The Morgan fingerprint density at radius 3 is 2.63 bits per heavy atom. The number of aromatic nitrogens is 1. The van der Waals surface area contributed by atoms with E-state index in [1.807, 2.05) is 55.5 Å². The molecule has 0 radical (unpaired) electrons. The number of unbranched alkanes of at least 4 members (excludes halogenated alkanes) is 1. The van der Waals surface area contributed by atoms with Gasteiger partial charge in [0.1, 0.15) is 10.8 Å². The molecule has 0 saturated carbocycles. The Hall–Kier alpha value is -3.18. The van der Waals surface area contributed by atoms with E-state index in [1.54, 1.807) is 23.5 Å². The second-order valence-electron chi connectivity index (χ2n) is 7.20. The summed E-state index contributed by atoms with van der Waals surface area (Å²) < 4.78 is 6.82. The Kier molecular flexibility index (Phi) is 6.10. The molecule has 152 valence electrons. The molecule has 4 aromatic rings. The first-order valence-corrected chi connectivity index (χ1v) is 11.0. The maximum Gasteiger partial charge on any atom is 0.255 e. The molecule has 0 spiro atoms. The highest BCUT2D eigenvalue weighted by molar-refractivity contribution is 7.21. The summed E-state index contributed by atoms with van der Waals surface area (Å²) in [5.74, 6) is 0.647. The average Bonchev–Trinajstić information content (AvgIpc) is 3.20. The van der Waals surface area contributed by atoms with Crippen LogP contribution in [0.25, 0.3) is 20.8 Å². The Bertz CT molecular complexity index is 1130. The van der Waals surface area contributed by atoms with Gasteiger partial charge in [0.2, 0.25) is 0 Å². The standard InChI is InChI=1S/C25H24N2O2S/c1-3-4-15-29-20-13-11-18(12-14-20)24(28)26-22-16-19(10-9-17(22)2)25-27-21-7-5-6-8-23(21)30-25/h5-14,16H,3-4,15H2,1-2H3,(H,26,28). The number of thiazole rings is 1. The van der Waals surface area contributed by atoms with Crippen molar-refractivity contribution in [2.75, 3.05) is 11.9 Å². The van der Waals surface area contributed by atoms with Crippen molar-refractivity contribution in [3.05, 3.63) is 77.9 Å². The molecule has 4 nitrogen and oxygen atoms in total. The molecule has 3 aromatic carbocycles. The van der Waals surface area contributed by atoms with Crippen LogP contribution in [0.3, 0.4) is 0 Å². The summed E-state index contributed by atoms with van der Waals surface area (Å²) in [7, 11) is 0. The smallest absolute Gasteiger partial charge is 0.255 e. The number of anilines is 1. The first kappa shape index (κ1) is 20.1. The van der Waals surface area contributed by atoms with E-state index >= 15 is 0 Å². The third kappa shape index (κ3) is 4.52. The second kappa shape index (κ2) is 9.09. The molecule has 1 amide bonds. The number of nitrogens with zero attached hydrogens (tertiary/aromatic N) is 1. The van der Waals surface area contributed by atoms with Crippen molar-refractivity contribution < 1.29 is 9.53 Å². The fourth-order valence-corrected chi connectivity index (χ4v) is 4.08. The van der Waals surface area contributed by atoms with Gasteiger partial charge in [-0.15, -0.1) is 11.3 Å². The lowest BCUT2D eigenvalue weighted by molar-refractivity contribution is 0.102. The van der Waals surface area contributed by atoms with Gasteiger partial charge >= 0.3 is 0 Å². The van der Waals surface area contributed by atoms with Crippen molar-refractivity contribution in [3.8, 4) is 16.3 Å². The summed E-state index contributed by atoms with van der Waals surface area (Å²) in [5.41, 5.74) is 4.39. The molecule has 0 aliphatic carbocycles. The number of benzene rings is 3. The molecule has 30 heavy (non-hydrogen) atoms. The van der Waals surface area contributed by atoms with E-state index in [4.69, 9.17) is 9.72 Å². The first-order valence-electron chi connectivity index (χ1n) is 10.1. The van der Waals surface area contributed by atoms with Gasteiger partial charge in [-0.05, 0) is 61.4 Å². The largest absolute Gasteiger partial charge is 0.494 e. The molecule has 0 bridgehead atoms. The predicted molar refractivity (Wildman–Crippen MR) is 125 cm³/mol. The van der Waals surface area contributed by atoms with Crippen molar-refractivity contribution in [3.63, 3.8) is 0 Å². The van der Waals surface area contributed by atoms with Crippen LogP contribution in [0.2, 0.25) is 0 Å². The highest BCUT2D eigenvalue weighted by atomic mass is 32.1. The van der Waals surface area contributed by atoms with Crippen LogP contribution in [0, 0.1) is 6.92 Å². The summed E-state index contributed by atoms with van der Waals surface area (Å²) in [5, 5.41) is 3.98. The number of carbonyl (C=O) groups excluding carboxylic acids is 1. The van der Waals surface area contributed by atoms with Crippen molar-refractivity contribution in [2.24, 2.45) is 0 Å². The predicted octanol–water partition coefficient (Wildman–Crippen LogP) is 6.70. The third-order valence-corrected chi connectivity index (χ3v) is 6.00. The van der Waals surface area contributed by atoms with Crippen molar-refractivity contribution >= 4 is 33.1 Å². The van der Waals surface area contributed by atoms with E-state index in [1.165, 1.54) is 0 Å². The zero-order valence-electron chi connectivity index (χ0n) is 17.1. The van der Waals surface area contributed by atoms with Crippen LogP contribution < -0.4 is 10.1 Å². The number of para-hydroxylation sites is 1. The van der Waals surface area contributed by atoms with E-state index in [0.717, 1.165) is 50.6 Å². The molecule has 1 N–H and O–H groups in total. The number of rotatable bonds is 7. The van der Waals surface area contributed by atoms with Crippen LogP contribution in [0.5, 0.6) is 5.75 Å². The first-order chi connectivity index (χ1) is 14.6. The maximum absolute atomic E-state index is 12.8. The zero-order valence-corrected chi connectivity index (χ0v) is 18.0. The van der Waals surface area contributed by atoms with E-state index in [-0.39, 0.29) is 5.91 Å². The highest BCUT2D eigenvalue weighted by Gasteiger charge is 2.11. The lowest BCUT2D eigenvalue weighted by atomic mass is 10.1. The number of amides is 1. The Morgan fingerprint density at radius 2 is 1.87 bits per heavy atom. The van der Waals surface area contributed by atoms with Crippen molar-refractivity contribution in [1.29, 1.82) is 0 Å². The quantitative estimate of drug-likeness (QED) is 0.341. The average molecular weight is 417 g/mol. The minimum atomic E-state index is -0.139. The minimum Gasteiger partial charge on any atom is -0.494 e. The molecule has 5 heteroatoms. The van der Waals surface area contributed by atoms with Gasteiger partial charge < -0.3 is 10.1 Å². The van der Waals surface area contributed by atoms with Crippen LogP contribution in [0.15, 0.2) is 66.7 Å². The Morgan fingerprint density at radius 1 is 1.07 bits per heavy atom. The molecule has 0 unspecified atom stereocenters. The fourth-order valence-electron chi connectivity index (χ4n) is 3.12. The SMILES string of the molecule is CCCCOc1ccc(C(=O)Nc2cc(-c3nc4ccccc4s3)ccc2C)cc1. The summed E-state index contributed by atoms with van der Waals surface area (Å²) in [4.78, 5) is 17.5. The summed E-state index contributed by atoms with van der Waals surface area (Å²) in [6.07, 6.45) is 2.11. The third-order valence-electron chi connectivity index (χ3n) is 4.91. The molecule has 4 rings (SSSR count). The van der Waals surface area contributed by atoms with Crippen LogP contribution in [0.4, 0.5) is 5.69 Å². The van der Waals surface area contributed by atoms with Crippen LogP contribution >= 0.6 is 11.3 Å². The topological polar surface area (TPSA) is 51.2 Å².